The number of allylic oxidation sites excluding steroid dienone is 5. The van der Waals surface area contributed by atoms with E-state index in [0.717, 1.165) is 44.1 Å². The molecule has 22 heavy (non-hydrogen) atoms. The fourth-order valence-corrected chi connectivity index (χ4v) is 2.03. The van der Waals surface area contributed by atoms with Gasteiger partial charge in [0.2, 0.25) is 0 Å². The van der Waals surface area contributed by atoms with Gasteiger partial charge in [-0.15, -0.1) is 0 Å². The van der Waals surface area contributed by atoms with Gasteiger partial charge < -0.3 is 4.74 Å². The van der Waals surface area contributed by atoms with Crippen LogP contribution in [0.4, 0.5) is 0 Å². The van der Waals surface area contributed by atoms with E-state index in [1.54, 1.807) is 0 Å². The third kappa shape index (κ3) is 15.1. The molecular weight excluding hydrogens is 272 g/mol. The van der Waals surface area contributed by atoms with Gasteiger partial charge in [-0.2, -0.15) is 0 Å². The molecule has 0 aromatic carbocycles. The summed E-state index contributed by atoms with van der Waals surface area (Å²) in [5.41, 5.74) is 2.50. The maximum Gasteiger partial charge on any atom is 0.305 e. The Bertz CT molecular complexity index is 360. The van der Waals surface area contributed by atoms with Crippen molar-refractivity contribution >= 4 is 5.97 Å². The number of carbonyl (C=O) groups excluding carboxylic acids is 1. The molecule has 2 heteroatoms. The summed E-state index contributed by atoms with van der Waals surface area (Å²) in [5.74, 6) is -0.0627. The highest BCUT2D eigenvalue weighted by Crippen LogP contribution is 2.08. The smallest absolute Gasteiger partial charge is 0.305 e. The summed E-state index contributed by atoms with van der Waals surface area (Å²) < 4.78 is 5.20. The molecule has 0 aromatic rings. The predicted octanol–water partition coefficient (Wildman–Crippen LogP) is 6.14. The van der Waals surface area contributed by atoms with Crippen molar-refractivity contribution in [2.45, 2.75) is 78.6 Å². The molecule has 126 valence electrons. The van der Waals surface area contributed by atoms with Crippen LogP contribution in [-0.4, -0.2) is 12.6 Å². The Morgan fingerprint density at radius 2 is 1.82 bits per heavy atom. The van der Waals surface area contributed by atoms with Crippen molar-refractivity contribution in [2.24, 2.45) is 0 Å². The van der Waals surface area contributed by atoms with Gasteiger partial charge in [-0.05, 0) is 46.0 Å². The quantitative estimate of drug-likeness (QED) is 0.177. The summed E-state index contributed by atoms with van der Waals surface area (Å²) in [6.45, 7) is 11.0. The number of hydrogen-bond acceptors (Lipinski definition) is 2. The van der Waals surface area contributed by atoms with Crippen molar-refractivity contribution in [3.8, 4) is 0 Å². The topological polar surface area (TPSA) is 26.3 Å². The first-order chi connectivity index (χ1) is 10.6. The van der Waals surface area contributed by atoms with E-state index in [9.17, 15) is 4.79 Å². The molecule has 2 nitrogen and oxygen atoms in total. The van der Waals surface area contributed by atoms with Gasteiger partial charge in [0, 0.05) is 6.42 Å². The first kappa shape index (κ1) is 20.7. The van der Waals surface area contributed by atoms with Gasteiger partial charge >= 0.3 is 5.97 Å². The van der Waals surface area contributed by atoms with E-state index in [4.69, 9.17) is 4.74 Å². The van der Waals surface area contributed by atoms with Crippen molar-refractivity contribution in [1.82, 2.24) is 0 Å². The molecule has 0 atom stereocenters. The van der Waals surface area contributed by atoms with Gasteiger partial charge in [-0.3, -0.25) is 4.79 Å². The van der Waals surface area contributed by atoms with E-state index in [0.29, 0.717) is 13.0 Å². The predicted molar refractivity (Wildman–Crippen MR) is 95.9 cm³/mol. The highest BCUT2D eigenvalue weighted by Gasteiger charge is 2.01. The van der Waals surface area contributed by atoms with Crippen LogP contribution in [0.5, 0.6) is 0 Å². The second kappa shape index (κ2) is 14.6. The Morgan fingerprint density at radius 3 is 2.50 bits per heavy atom. The van der Waals surface area contributed by atoms with E-state index in [1.807, 2.05) is 0 Å². The van der Waals surface area contributed by atoms with Crippen LogP contribution in [0, 0.1) is 0 Å². The minimum atomic E-state index is -0.0627. The Morgan fingerprint density at radius 1 is 1.05 bits per heavy atom. The van der Waals surface area contributed by atoms with Gasteiger partial charge in [0.25, 0.3) is 0 Å². The van der Waals surface area contributed by atoms with Gasteiger partial charge in [-0.25, -0.2) is 0 Å². The van der Waals surface area contributed by atoms with Crippen LogP contribution in [-0.2, 0) is 9.53 Å². The maximum atomic E-state index is 11.5. The number of carbonyl (C=O) groups is 1. The molecule has 0 N–H and O–H groups in total. The van der Waals surface area contributed by atoms with E-state index in [1.165, 1.54) is 18.4 Å². The lowest BCUT2D eigenvalue weighted by atomic mass is 10.1. The molecule has 0 heterocycles. The molecule has 0 bridgehead atoms. The SMILES string of the molecule is C=C(C=CCCCC(=O)OCCCCCC)CCC=C(C)C. The molecule has 0 amide bonds. The summed E-state index contributed by atoms with van der Waals surface area (Å²) in [6, 6.07) is 0. The molecular formula is C20H34O2. The zero-order valence-corrected chi connectivity index (χ0v) is 14.8. The van der Waals surface area contributed by atoms with Crippen molar-refractivity contribution in [3.05, 3.63) is 36.0 Å². The Kier molecular flexibility index (Phi) is 13.7. The van der Waals surface area contributed by atoms with Crippen LogP contribution in [0.1, 0.15) is 78.6 Å². The van der Waals surface area contributed by atoms with Crippen molar-refractivity contribution in [3.63, 3.8) is 0 Å². The molecule has 0 aliphatic carbocycles. The third-order valence-electron chi connectivity index (χ3n) is 3.38. The fourth-order valence-electron chi connectivity index (χ4n) is 2.03. The molecule has 0 fully saturated rings. The van der Waals surface area contributed by atoms with Gasteiger partial charge in [0.15, 0.2) is 0 Å². The lowest BCUT2D eigenvalue weighted by molar-refractivity contribution is -0.143. The molecule has 0 aromatic heterocycles. The van der Waals surface area contributed by atoms with Crippen LogP contribution in [0.25, 0.3) is 0 Å². The van der Waals surface area contributed by atoms with Crippen LogP contribution in [0.3, 0.4) is 0 Å². The summed E-state index contributed by atoms with van der Waals surface area (Å²) in [4.78, 5) is 11.5. The second-order valence-corrected chi connectivity index (χ2v) is 6.05. The summed E-state index contributed by atoms with van der Waals surface area (Å²) in [7, 11) is 0. The highest BCUT2D eigenvalue weighted by molar-refractivity contribution is 5.69. The zero-order valence-electron chi connectivity index (χ0n) is 14.8. The van der Waals surface area contributed by atoms with Gasteiger partial charge in [-0.1, -0.05) is 62.1 Å². The Balaban J connectivity index is 3.54. The molecule has 0 spiro atoms. The van der Waals surface area contributed by atoms with Crippen LogP contribution < -0.4 is 0 Å². The lowest BCUT2D eigenvalue weighted by Crippen LogP contribution is -2.05. The molecule has 0 aliphatic heterocycles. The average Bonchev–Trinajstić information content (AvgIpc) is 2.46. The van der Waals surface area contributed by atoms with Gasteiger partial charge in [0.05, 0.1) is 6.61 Å². The minimum Gasteiger partial charge on any atom is -0.466 e. The number of esters is 1. The van der Waals surface area contributed by atoms with Gasteiger partial charge in [0.1, 0.15) is 0 Å². The largest absolute Gasteiger partial charge is 0.466 e. The number of hydrogen-bond donors (Lipinski definition) is 0. The first-order valence-corrected chi connectivity index (χ1v) is 8.69. The maximum absolute atomic E-state index is 11.5. The average molecular weight is 306 g/mol. The van der Waals surface area contributed by atoms with Crippen molar-refractivity contribution in [1.29, 1.82) is 0 Å². The van der Waals surface area contributed by atoms with E-state index < -0.39 is 0 Å². The van der Waals surface area contributed by atoms with E-state index in [2.05, 4.69) is 45.6 Å². The second-order valence-electron chi connectivity index (χ2n) is 6.05. The Hall–Kier alpha value is -1.31. The molecule has 0 aliphatic rings. The van der Waals surface area contributed by atoms with Crippen LogP contribution >= 0.6 is 0 Å². The number of ether oxygens (including phenoxy) is 1. The summed E-state index contributed by atoms with van der Waals surface area (Å²) in [5, 5.41) is 0. The molecule has 0 rings (SSSR count). The Labute approximate surface area is 137 Å². The van der Waals surface area contributed by atoms with Crippen LogP contribution in [0.2, 0.25) is 0 Å². The summed E-state index contributed by atoms with van der Waals surface area (Å²) >= 11 is 0. The van der Waals surface area contributed by atoms with Crippen molar-refractivity contribution < 1.29 is 9.53 Å². The first-order valence-electron chi connectivity index (χ1n) is 8.69. The fraction of sp³-hybridized carbons (Fsp3) is 0.650. The monoisotopic (exact) mass is 306 g/mol. The molecule has 0 saturated heterocycles. The lowest BCUT2D eigenvalue weighted by Gasteiger charge is -2.03. The molecule has 0 saturated carbocycles. The normalized spacial score (nSPS) is 10.7. The standard InChI is InChI=1S/C20H34O2/c1-5-6-7-11-17-22-20(21)16-10-8-9-14-19(4)15-12-13-18(2)3/h9,13-14H,4-8,10-12,15-17H2,1-3H3. The highest BCUT2D eigenvalue weighted by atomic mass is 16.5. The van der Waals surface area contributed by atoms with E-state index >= 15 is 0 Å². The minimum absolute atomic E-state index is 0.0627. The van der Waals surface area contributed by atoms with Crippen molar-refractivity contribution in [2.75, 3.05) is 6.61 Å². The van der Waals surface area contributed by atoms with E-state index in [-0.39, 0.29) is 5.97 Å². The summed E-state index contributed by atoms with van der Waals surface area (Å²) in [6.07, 6.45) is 15.3. The van der Waals surface area contributed by atoms with Crippen LogP contribution in [0.15, 0.2) is 36.0 Å². The number of rotatable bonds is 13. The zero-order chi connectivity index (χ0) is 16.6. The number of unbranched alkanes of at least 4 members (excludes halogenated alkanes) is 4. The molecule has 0 radical (unpaired) electrons. The third-order valence-corrected chi connectivity index (χ3v) is 3.38. The molecule has 0 unspecified atom stereocenters.